The van der Waals surface area contributed by atoms with E-state index in [0.717, 1.165) is 19.6 Å². The lowest BCUT2D eigenvalue weighted by Gasteiger charge is -2.08. The van der Waals surface area contributed by atoms with E-state index in [1.807, 2.05) is 0 Å². The fourth-order valence-electron chi connectivity index (χ4n) is 2.04. The highest BCUT2D eigenvalue weighted by atomic mass is 16.5. The fourth-order valence-corrected chi connectivity index (χ4v) is 2.04. The van der Waals surface area contributed by atoms with Crippen LogP contribution in [0.25, 0.3) is 0 Å². The molecule has 1 aromatic rings. The maximum atomic E-state index is 5.63. The third-order valence-electron chi connectivity index (χ3n) is 2.91. The molecule has 1 heterocycles. The molecule has 1 aromatic carbocycles. The van der Waals surface area contributed by atoms with Gasteiger partial charge in [-0.3, -0.25) is 0 Å². The second-order valence-electron chi connectivity index (χ2n) is 4.28. The molecule has 0 bridgehead atoms. The van der Waals surface area contributed by atoms with Gasteiger partial charge >= 0.3 is 0 Å². The Morgan fingerprint density at radius 3 is 3.00 bits per heavy atom. The van der Waals surface area contributed by atoms with Crippen molar-refractivity contribution in [1.29, 1.82) is 0 Å². The van der Waals surface area contributed by atoms with Gasteiger partial charge in [0.2, 0.25) is 0 Å². The largest absolute Gasteiger partial charge is 0.376 e. The monoisotopic (exact) mass is 190 g/mol. The van der Waals surface area contributed by atoms with E-state index < -0.39 is 0 Å². The molecule has 0 aromatic heterocycles. The van der Waals surface area contributed by atoms with Gasteiger partial charge in [-0.2, -0.15) is 0 Å². The first-order valence-corrected chi connectivity index (χ1v) is 5.48. The minimum atomic E-state index is 0.656. The van der Waals surface area contributed by atoms with Crippen LogP contribution in [0.15, 0.2) is 18.2 Å². The highest BCUT2D eigenvalue weighted by Gasteiger charge is 2.13. The molecular weight excluding hydrogens is 172 g/mol. The van der Waals surface area contributed by atoms with Crippen LogP contribution >= 0.6 is 0 Å². The molecular formula is C13H18O. The molecule has 1 nitrogen and oxygen atoms in total. The van der Waals surface area contributed by atoms with E-state index in [0.29, 0.717) is 5.92 Å². The molecule has 0 aliphatic carbocycles. The van der Waals surface area contributed by atoms with E-state index in [9.17, 15) is 0 Å². The van der Waals surface area contributed by atoms with Crippen LogP contribution in [0.1, 0.15) is 30.5 Å². The van der Waals surface area contributed by atoms with Gasteiger partial charge in [0, 0.05) is 6.61 Å². The summed E-state index contributed by atoms with van der Waals surface area (Å²) in [4.78, 5) is 0. The minimum absolute atomic E-state index is 0.656. The summed E-state index contributed by atoms with van der Waals surface area (Å²) in [5, 5.41) is 0. The van der Waals surface area contributed by atoms with Crippen molar-refractivity contribution in [3.63, 3.8) is 0 Å². The topological polar surface area (TPSA) is 9.23 Å². The average Bonchev–Trinajstić information content (AvgIpc) is 2.37. The first-order chi connectivity index (χ1) is 6.79. The molecule has 76 valence electrons. The molecule has 1 aliphatic rings. The number of hydrogen-bond donors (Lipinski definition) is 0. The van der Waals surface area contributed by atoms with Crippen LogP contribution < -0.4 is 0 Å². The van der Waals surface area contributed by atoms with Crippen LogP contribution in [0.4, 0.5) is 0 Å². The lowest BCUT2D eigenvalue weighted by atomic mass is 9.96. The lowest BCUT2D eigenvalue weighted by molar-refractivity contribution is 0.100. The maximum absolute atomic E-state index is 5.63. The lowest BCUT2D eigenvalue weighted by Crippen LogP contribution is -2.03. The van der Waals surface area contributed by atoms with E-state index in [1.165, 1.54) is 23.1 Å². The predicted octanol–water partition coefficient (Wildman–Crippen LogP) is 2.96. The normalized spacial score (nSPS) is 21.4. The Labute approximate surface area is 86.1 Å². The van der Waals surface area contributed by atoms with Crippen molar-refractivity contribution in [2.75, 3.05) is 6.61 Å². The number of fused-ring (bicyclic) bond motifs is 1. The molecule has 0 amide bonds. The molecule has 14 heavy (non-hydrogen) atoms. The minimum Gasteiger partial charge on any atom is -0.376 e. The molecule has 0 radical (unpaired) electrons. The van der Waals surface area contributed by atoms with Gasteiger partial charge in [0.1, 0.15) is 0 Å². The molecule has 0 unspecified atom stereocenters. The SMILES string of the molecule is CCc1ccc2c(c1)COC[C@H](C)C2. The summed E-state index contributed by atoms with van der Waals surface area (Å²) in [6.07, 6.45) is 2.28. The van der Waals surface area contributed by atoms with Crippen molar-refractivity contribution in [3.8, 4) is 0 Å². The Balaban J connectivity index is 2.31. The van der Waals surface area contributed by atoms with E-state index in [4.69, 9.17) is 4.74 Å². The Kier molecular flexibility index (Phi) is 2.87. The van der Waals surface area contributed by atoms with Gasteiger partial charge in [-0.1, -0.05) is 32.0 Å². The molecule has 1 heteroatoms. The van der Waals surface area contributed by atoms with Crippen molar-refractivity contribution < 1.29 is 4.74 Å². The molecule has 0 saturated carbocycles. The highest BCUT2D eigenvalue weighted by Crippen LogP contribution is 2.21. The summed E-state index contributed by atoms with van der Waals surface area (Å²) >= 11 is 0. The van der Waals surface area contributed by atoms with Crippen LogP contribution in [0.5, 0.6) is 0 Å². The molecule has 1 aliphatic heterocycles. The molecule has 1 atom stereocenters. The Morgan fingerprint density at radius 1 is 1.36 bits per heavy atom. The molecule has 0 fully saturated rings. The molecule has 0 N–H and O–H groups in total. The predicted molar refractivity (Wildman–Crippen MR) is 58.3 cm³/mol. The number of ether oxygens (including phenoxy) is 1. The van der Waals surface area contributed by atoms with Crippen LogP contribution in [0.2, 0.25) is 0 Å². The van der Waals surface area contributed by atoms with E-state index >= 15 is 0 Å². The van der Waals surface area contributed by atoms with Gasteiger partial charge in [-0.15, -0.1) is 0 Å². The molecule has 2 rings (SSSR count). The van der Waals surface area contributed by atoms with Gasteiger partial charge in [0.15, 0.2) is 0 Å². The maximum Gasteiger partial charge on any atom is 0.0719 e. The fraction of sp³-hybridized carbons (Fsp3) is 0.538. The Morgan fingerprint density at radius 2 is 2.21 bits per heavy atom. The zero-order valence-corrected chi connectivity index (χ0v) is 9.05. The van der Waals surface area contributed by atoms with E-state index in [-0.39, 0.29) is 0 Å². The Hall–Kier alpha value is -0.820. The van der Waals surface area contributed by atoms with Gasteiger partial charge in [-0.25, -0.2) is 0 Å². The van der Waals surface area contributed by atoms with Crippen LogP contribution in [0, 0.1) is 5.92 Å². The van der Waals surface area contributed by atoms with Gasteiger partial charge in [0.25, 0.3) is 0 Å². The molecule has 0 spiro atoms. The second kappa shape index (κ2) is 4.14. The zero-order valence-electron chi connectivity index (χ0n) is 9.05. The third kappa shape index (κ3) is 1.98. The smallest absolute Gasteiger partial charge is 0.0719 e. The van der Waals surface area contributed by atoms with Crippen LogP contribution in [-0.2, 0) is 24.2 Å². The standard InChI is InChI=1S/C13H18O/c1-3-11-4-5-12-6-10(2)8-14-9-13(12)7-11/h4-5,7,10H,3,6,8-9H2,1-2H3/t10-/m1/s1. The summed E-state index contributed by atoms with van der Waals surface area (Å²) in [5.41, 5.74) is 4.29. The van der Waals surface area contributed by atoms with Crippen LogP contribution in [-0.4, -0.2) is 6.61 Å². The summed E-state index contributed by atoms with van der Waals surface area (Å²) < 4.78 is 5.63. The Bertz CT molecular complexity index is 317. The van der Waals surface area contributed by atoms with Crippen molar-refractivity contribution in [3.05, 3.63) is 34.9 Å². The van der Waals surface area contributed by atoms with Gasteiger partial charge < -0.3 is 4.74 Å². The van der Waals surface area contributed by atoms with E-state index in [2.05, 4.69) is 32.0 Å². The van der Waals surface area contributed by atoms with Crippen molar-refractivity contribution >= 4 is 0 Å². The molecule has 0 saturated heterocycles. The average molecular weight is 190 g/mol. The zero-order chi connectivity index (χ0) is 9.97. The summed E-state index contributed by atoms with van der Waals surface area (Å²) in [5.74, 6) is 0.656. The third-order valence-corrected chi connectivity index (χ3v) is 2.91. The highest BCUT2D eigenvalue weighted by molar-refractivity contribution is 5.32. The number of rotatable bonds is 1. The number of aryl methyl sites for hydroxylation is 1. The second-order valence-corrected chi connectivity index (χ2v) is 4.28. The number of benzene rings is 1. The van der Waals surface area contributed by atoms with Gasteiger partial charge in [0.05, 0.1) is 6.61 Å². The quantitative estimate of drug-likeness (QED) is 0.661. The van der Waals surface area contributed by atoms with Gasteiger partial charge in [-0.05, 0) is 35.4 Å². The summed E-state index contributed by atoms with van der Waals surface area (Å²) in [6, 6.07) is 6.82. The first kappa shape index (κ1) is 9.72. The van der Waals surface area contributed by atoms with Crippen molar-refractivity contribution in [2.45, 2.75) is 33.3 Å². The van der Waals surface area contributed by atoms with Crippen molar-refractivity contribution in [2.24, 2.45) is 5.92 Å². The van der Waals surface area contributed by atoms with Crippen LogP contribution in [0.3, 0.4) is 0 Å². The van der Waals surface area contributed by atoms with E-state index in [1.54, 1.807) is 0 Å². The number of hydrogen-bond acceptors (Lipinski definition) is 1. The first-order valence-electron chi connectivity index (χ1n) is 5.48. The van der Waals surface area contributed by atoms with Crippen molar-refractivity contribution in [1.82, 2.24) is 0 Å². The summed E-state index contributed by atoms with van der Waals surface area (Å²) in [6.45, 7) is 6.15. The summed E-state index contributed by atoms with van der Waals surface area (Å²) in [7, 11) is 0.